The lowest BCUT2D eigenvalue weighted by molar-refractivity contribution is -0.123. The normalized spacial score (nSPS) is 9.76. The molecule has 0 atom stereocenters. The Hall–Kier alpha value is -2.89. The van der Waals surface area contributed by atoms with Crippen LogP contribution in [0.3, 0.4) is 0 Å². The summed E-state index contributed by atoms with van der Waals surface area (Å²) in [6.07, 6.45) is 0. The molecular formula is C15H13FN2O3. The lowest BCUT2D eigenvalue weighted by atomic mass is 10.2. The fourth-order valence-corrected chi connectivity index (χ4v) is 1.50. The molecule has 6 heteroatoms. The predicted octanol–water partition coefficient (Wildman–Crippen LogP) is 1.67. The fourth-order valence-electron chi connectivity index (χ4n) is 1.50. The molecule has 5 nitrogen and oxygen atoms in total. The fraction of sp³-hybridized carbons (Fsp3) is 0.0667. The Morgan fingerprint density at radius 1 is 0.952 bits per heavy atom. The van der Waals surface area contributed by atoms with E-state index in [9.17, 15) is 14.0 Å². The summed E-state index contributed by atoms with van der Waals surface area (Å²) in [6.45, 7) is -0.291. The highest BCUT2D eigenvalue weighted by Gasteiger charge is 2.07. The van der Waals surface area contributed by atoms with Gasteiger partial charge in [0.1, 0.15) is 11.6 Å². The maximum absolute atomic E-state index is 12.7. The van der Waals surface area contributed by atoms with Crippen molar-refractivity contribution >= 4 is 11.8 Å². The van der Waals surface area contributed by atoms with Crippen LogP contribution in [-0.4, -0.2) is 18.4 Å². The zero-order valence-electron chi connectivity index (χ0n) is 11.0. The van der Waals surface area contributed by atoms with E-state index in [0.717, 1.165) is 0 Å². The van der Waals surface area contributed by atoms with E-state index in [1.807, 2.05) is 0 Å². The Labute approximate surface area is 120 Å². The maximum atomic E-state index is 12.7. The van der Waals surface area contributed by atoms with E-state index in [1.165, 1.54) is 24.3 Å². The molecule has 108 valence electrons. The van der Waals surface area contributed by atoms with Crippen LogP contribution in [0.4, 0.5) is 4.39 Å². The molecule has 0 heterocycles. The Morgan fingerprint density at radius 3 is 2.29 bits per heavy atom. The molecule has 0 bridgehead atoms. The van der Waals surface area contributed by atoms with Gasteiger partial charge in [0.25, 0.3) is 11.8 Å². The second kappa shape index (κ2) is 7.04. The van der Waals surface area contributed by atoms with Crippen molar-refractivity contribution in [2.75, 3.05) is 6.61 Å². The number of carbonyl (C=O) groups is 2. The van der Waals surface area contributed by atoms with Gasteiger partial charge in [-0.2, -0.15) is 0 Å². The molecule has 0 aliphatic carbocycles. The quantitative estimate of drug-likeness (QED) is 0.841. The first-order valence-corrected chi connectivity index (χ1v) is 6.18. The van der Waals surface area contributed by atoms with E-state index < -0.39 is 11.8 Å². The third-order valence-corrected chi connectivity index (χ3v) is 2.53. The van der Waals surface area contributed by atoms with Gasteiger partial charge in [-0.25, -0.2) is 4.39 Å². The van der Waals surface area contributed by atoms with Crippen LogP contribution in [0.2, 0.25) is 0 Å². The van der Waals surface area contributed by atoms with Gasteiger partial charge in [0.05, 0.1) is 0 Å². The van der Waals surface area contributed by atoms with Crippen LogP contribution in [0.25, 0.3) is 0 Å². The molecule has 0 fully saturated rings. The zero-order chi connectivity index (χ0) is 15.1. The van der Waals surface area contributed by atoms with Crippen LogP contribution < -0.4 is 15.6 Å². The van der Waals surface area contributed by atoms with E-state index in [2.05, 4.69) is 10.9 Å². The number of hydrogen-bond donors (Lipinski definition) is 2. The van der Waals surface area contributed by atoms with E-state index in [-0.39, 0.29) is 12.4 Å². The molecule has 0 unspecified atom stereocenters. The highest BCUT2D eigenvalue weighted by Crippen LogP contribution is 2.10. The van der Waals surface area contributed by atoms with Gasteiger partial charge in [0.2, 0.25) is 0 Å². The molecule has 21 heavy (non-hydrogen) atoms. The van der Waals surface area contributed by atoms with Crippen molar-refractivity contribution in [2.45, 2.75) is 0 Å². The molecule has 2 aromatic carbocycles. The SMILES string of the molecule is O=C(COc1ccc(F)cc1)NNC(=O)c1ccccc1. The topological polar surface area (TPSA) is 67.4 Å². The number of amides is 2. The summed E-state index contributed by atoms with van der Waals surface area (Å²) in [5, 5.41) is 0. The van der Waals surface area contributed by atoms with Crippen LogP contribution in [0.5, 0.6) is 5.75 Å². The lowest BCUT2D eigenvalue weighted by Gasteiger charge is -2.08. The van der Waals surface area contributed by atoms with Gasteiger partial charge in [0, 0.05) is 5.56 Å². The van der Waals surface area contributed by atoms with Gasteiger partial charge in [-0.3, -0.25) is 20.4 Å². The average Bonchev–Trinajstić information content (AvgIpc) is 2.53. The van der Waals surface area contributed by atoms with Crippen molar-refractivity contribution < 1.29 is 18.7 Å². The van der Waals surface area contributed by atoms with Crippen molar-refractivity contribution in [1.82, 2.24) is 10.9 Å². The smallest absolute Gasteiger partial charge is 0.276 e. The third-order valence-electron chi connectivity index (χ3n) is 2.53. The molecule has 2 rings (SSSR count). The largest absolute Gasteiger partial charge is 0.484 e. The molecule has 2 aromatic rings. The molecule has 0 saturated carbocycles. The summed E-state index contributed by atoms with van der Waals surface area (Å²) in [5.74, 6) is -0.975. The van der Waals surface area contributed by atoms with E-state index in [0.29, 0.717) is 11.3 Å². The summed E-state index contributed by atoms with van der Waals surface area (Å²) < 4.78 is 17.8. The van der Waals surface area contributed by atoms with Crippen molar-refractivity contribution in [3.8, 4) is 5.75 Å². The molecule has 0 radical (unpaired) electrons. The van der Waals surface area contributed by atoms with Crippen molar-refractivity contribution in [3.63, 3.8) is 0 Å². The highest BCUT2D eigenvalue weighted by atomic mass is 19.1. The van der Waals surface area contributed by atoms with E-state index >= 15 is 0 Å². The van der Waals surface area contributed by atoms with E-state index in [4.69, 9.17) is 4.74 Å². The molecule has 2 amide bonds. The summed E-state index contributed by atoms with van der Waals surface area (Å²) in [4.78, 5) is 23.1. The van der Waals surface area contributed by atoms with Crippen LogP contribution in [0.1, 0.15) is 10.4 Å². The summed E-state index contributed by atoms with van der Waals surface area (Å²) in [6, 6.07) is 13.7. The highest BCUT2D eigenvalue weighted by molar-refractivity contribution is 5.95. The average molecular weight is 288 g/mol. The van der Waals surface area contributed by atoms with Crippen molar-refractivity contribution in [1.29, 1.82) is 0 Å². The van der Waals surface area contributed by atoms with Gasteiger partial charge in [-0.1, -0.05) is 18.2 Å². The standard InChI is InChI=1S/C15H13FN2O3/c16-12-6-8-13(9-7-12)21-10-14(19)17-18-15(20)11-4-2-1-3-5-11/h1-9H,10H2,(H,17,19)(H,18,20). The van der Waals surface area contributed by atoms with Gasteiger partial charge in [0.15, 0.2) is 6.61 Å². The van der Waals surface area contributed by atoms with Gasteiger partial charge < -0.3 is 4.74 Å². The Balaban J connectivity index is 1.75. The first kappa shape index (κ1) is 14.5. The number of hydrogen-bond acceptors (Lipinski definition) is 3. The minimum absolute atomic E-state index is 0.291. The monoisotopic (exact) mass is 288 g/mol. The third kappa shape index (κ3) is 4.61. The summed E-state index contributed by atoms with van der Waals surface area (Å²) in [5.41, 5.74) is 4.92. The van der Waals surface area contributed by atoms with Crippen LogP contribution >= 0.6 is 0 Å². The molecule has 0 spiro atoms. The van der Waals surface area contributed by atoms with Crippen LogP contribution in [0, 0.1) is 5.82 Å². The van der Waals surface area contributed by atoms with Crippen molar-refractivity contribution in [2.24, 2.45) is 0 Å². The number of benzene rings is 2. The molecule has 0 aromatic heterocycles. The number of nitrogens with one attached hydrogen (secondary N) is 2. The van der Waals surface area contributed by atoms with Crippen molar-refractivity contribution in [3.05, 3.63) is 66.0 Å². The summed E-state index contributed by atoms with van der Waals surface area (Å²) in [7, 11) is 0. The zero-order valence-corrected chi connectivity index (χ0v) is 11.0. The van der Waals surface area contributed by atoms with Crippen LogP contribution in [0.15, 0.2) is 54.6 Å². The molecule has 0 aliphatic heterocycles. The van der Waals surface area contributed by atoms with Gasteiger partial charge in [-0.15, -0.1) is 0 Å². The van der Waals surface area contributed by atoms with Gasteiger partial charge in [-0.05, 0) is 36.4 Å². The molecule has 2 N–H and O–H groups in total. The van der Waals surface area contributed by atoms with E-state index in [1.54, 1.807) is 30.3 Å². The minimum atomic E-state index is -0.524. The second-order valence-electron chi connectivity index (χ2n) is 4.11. The number of carbonyl (C=O) groups excluding carboxylic acids is 2. The Kier molecular flexibility index (Phi) is 4.87. The predicted molar refractivity (Wildman–Crippen MR) is 73.9 cm³/mol. The van der Waals surface area contributed by atoms with Crippen LogP contribution in [-0.2, 0) is 4.79 Å². The number of halogens is 1. The first-order chi connectivity index (χ1) is 10.1. The van der Waals surface area contributed by atoms with Gasteiger partial charge >= 0.3 is 0 Å². The molecular weight excluding hydrogens is 275 g/mol. The number of rotatable bonds is 4. The summed E-state index contributed by atoms with van der Waals surface area (Å²) >= 11 is 0. The first-order valence-electron chi connectivity index (χ1n) is 6.18. The number of hydrazine groups is 1. The Bertz CT molecular complexity index is 615. The molecule has 0 saturated heterocycles. The number of ether oxygens (including phenoxy) is 1. The lowest BCUT2D eigenvalue weighted by Crippen LogP contribution is -2.43. The second-order valence-corrected chi connectivity index (χ2v) is 4.11. The minimum Gasteiger partial charge on any atom is -0.484 e. The maximum Gasteiger partial charge on any atom is 0.276 e. The molecule has 0 aliphatic rings. The Morgan fingerprint density at radius 2 is 1.62 bits per heavy atom.